The third-order valence-electron chi connectivity index (χ3n) is 3.07. The molecular weight excluding hydrogens is 314 g/mol. The molecule has 0 aliphatic rings. The number of anilines is 1. The average Bonchev–Trinajstić information content (AvgIpc) is 2.55. The third-order valence-corrected chi connectivity index (χ3v) is 3.31. The Morgan fingerprint density at radius 1 is 1.09 bits per heavy atom. The predicted molar refractivity (Wildman–Crippen MR) is 92.4 cm³/mol. The zero-order chi connectivity index (χ0) is 16.5. The van der Waals surface area contributed by atoms with Crippen molar-refractivity contribution in [3.8, 4) is 11.5 Å². The van der Waals surface area contributed by atoms with E-state index in [1.807, 2.05) is 12.1 Å². The average molecular weight is 334 g/mol. The van der Waals surface area contributed by atoms with E-state index >= 15 is 0 Å². The molecule has 2 aromatic carbocycles. The van der Waals surface area contributed by atoms with E-state index in [9.17, 15) is 4.79 Å². The van der Waals surface area contributed by atoms with Crippen molar-refractivity contribution in [1.82, 2.24) is 0 Å². The monoisotopic (exact) mass is 333 g/mol. The summed E-state index contributed by atoms with van der Waals surface area (Å²) in [6.07, 6.45) is 2.13. The molecule has 0 radical (unpaired) electrons. The van der Waals surface area contributed by atoms with Crippen LogP contribution in [0.3, 0.4) is 0 Å². The molecule has 0 aliphatic carbocycles. The van der Waals surface area contributed by atoms with Gasteiger partial charge in [0.2, 0.25) is 0 Å². The maximum atomic E-state index is 11.9. The molecule has 2 aromatic rings. The maximum absolute atomic E-state index is 11.9. The van der Waals surface area contributed by atoms with Gasteiger partial charge in [0.25, 0.3) is 5.91 Å². The van der Waals surface area contributed by atoms with Gasteiger partial charge >= 0.3 is 0 Å². The summed E-state index contributed by atoms with van der Waals surface area (Å²) >= 11 is 5.86. The Bertz CT molecular complexity index is 628. The highest BCUT2D eigenvalue weighted by atomic mass is 35.5. The summed E-state index contributed by atoms with van der Waals surface area (Å²) in [5, 5.41) is 3.34. The molecule has 23 heavy (non-hydrogen) atoms. The fourth-order valence-corrected chi connectivity index (χ4v) is 2.05. The van der Waals surface area contributed by atoms with Crippen LogP contribution >= 0.6 is 11.6 Å². The lowest BCUT2D eigenvalue weighted by Crippen LogP contribution is -2.20. The molecule has 0 bridgehead atoms. The first-order valence-corrected chi connectivity index (χ1v) is 7.96. The Labute approximate surface area is 141 Å². The molecule has 1 amide bonds. The van der Waals surface area contributed by atoms with Crippen molar-refractivity contribution < 1.29 is 14.3 Å². The van der Waals surface area contributed by atoms with Gasteiger partial charge in [-0.3, -0.25) is 4.79 Å². The lowest BCUT2D eigenvalue weighted by atomic mass is 10.3. The van der Waals surface area contributed by atoms with Crippen LogP contribution in [-0.2, 0) is 4.79 Å². The first-order valence-electron chi connectivity index (χ1n) is 7.58. The van der Waals surface area contributed by atoms with Crippen LogP contribution in [0.2, 0.25) is 5.02 Å². The van der Waals surface area contributed by atoms with Crippen LogP contribution in [0.1, 0.15) is 19.8 Å². The fourth-order valence-electron chi connectivity index (χ4n) is 1.87. The quantitative estimate of drug-likeness (QED) is 0.722. The van der Waals surface area contributed by atoms with Crippen molar-refractivity contribution in [3.05, 3.63) is 53.6 Å². The van der Waals surface area contributed by atoms with Gasteiger partial charge in [-0.2, -0.15) is 0 Å². The molecule has 4 nitrogen and oxygen atoms in total. The third kappa shape index (κ3) is 6.20. The molecule has 2 rings (SSSR count). The van der Waals surface area contributed by atoms with Crippen molar-refractivity contribution in [2.45, 2.75) is 19.8 Å². The number of amides is 1. The highest BCUT2D eigenvalue weighted by Crippen LogP contribution is 2.18. The number of halogens is 1. The van der Waals surface area contributed by atoms with Crippen molar-refractivity contribution in [1.29, 1.82) is 0 Å². The van der Waals surface area contributed by atoms with Crippen molar-refractivity contribution in [3.63, 3.8) is 0 Å². The van der Waals surface area contributed by atoms with E-state index in [-0.39, 0.29) is 12.5 Å². The molecule has 0 heterocycles. The number of unbranched alkanes of at least 4 members (excludes halogenated alkanes) is 1. The van der Waals surface area contributed by atoms with E-state index in [1.54, 1.807) is 36.4 Å². The summed E-state index contributed by atoms with van der Waals surface area (Å²) in [5.41, 5.74) is 0.701. The molecule has 0 spiro atoms. The second kappa shape index (κ2) is 9.06. The summed E-state index contributed by atoms with van der Waals surface area (Å²) < 4.78 is 11.0. The molecule has 0 atom stereocenters. The standard InChI is InChI=1S/C18H20ClNO3/c1-2-3-11-22-16-9-7-15(8-10-16)20-18(21)13-23-17-6-4-5-14(19)12-17/h4-10,12H,2-3,11,13H2,1H3,(H,20,21). The molecule has 0 saturated heterocycles. The lowest BCUT2D eigenvalue weighted by molar-refractivity contribution is -0.118. The Morgan fingerprint density at radius 3 is 2.57 bits per heavy atom. The number of hydrogen-bond acceptors (Lipinski definition) is 3. The van der Waals surface area contributed by atoms with Gasteiger partial charge in [-0.05, 0) is 48.9 Å². The minimum absolute atomic E-state index is 0.0743. The van der Waals surface area contributed by atoms with E-state index in [0.29, 0.717) is 23.1 Å². The van der Waals surface area contributed by atoms with Crippen molar-refractivity contribution in [2.75, 3.05) is 18.5 Å². The normalized spacial score (nSPS) is 10.2. The number of hydrogen-bond donors (Lipinski definition) is 1. The molecule has 0 fully saturated rings. The second-order valence-electron chi connectivity index (χ2n) is 5.02. The molecule has 0 aromatic heterocycles. The number of rotatable bonds is 8. The van der Waals surface area contributed by atoms with Gasteiger partial charge < -0.3 is 14.8 Å². The first-order chi connectivity index (χ1) is 11.2. The number of nitrogens with one attached hydrogen (secondary N) is 1. The van der Waals surface area contributed by atoms with Gasteiger partial charge in [-0.15, -0.1) is 0 Å². The van der Waals surface area contributed by atoms with Crippen LogP contribution in [0, 0.1) is 0 Å². The number of benzene rings is 2. The number of carbonyl (C=O) groups is 1. The minimum atomic E-state index is -0.232. The van der Waals surface area contributed by atoms with Gasteiger partial charge in [0.1, 0.15) is 11.5 Å². The van der Waals surface area contributed by atoms with Gasteiger partial charge in [0.05, 0.1) is 6.61 Å². The van der Waals surface area contributed by atoms with Crippen molar-refractivity contribution in [2.24, 2.45) is 0 Å². The Hall–Kier alpha value is -2.20. The van der Waals surface area contributed by atoms with Crippen LogP contribution in [0.25, 0.3) is 0 Å². The van der Waals surface area contributed by atoms with Crippen LogP contribution in [0.4, 0.5) is 5.69 Å². The smallest absolute Gasteiger partial charge is 0.262 e. The Morgan fingerprint density at radius 2 is 1.87 bits per heavy atom. The Balaban J connectivity index is 1.78. The highest BCUT2D eigenvalue weighted by Gasteiger charge is 2.04. The predicted octanol–water partition coefficient (Wildman–Crippen LogP) is 4.54. The zero-order valence-corrected chi connectivity index (χ0v) is 13.8. The molecule has 1 N–H and O–H groups in total. The first kappa shape index (κ1) is 17.2. The van der Waals surface area contributed by atoms with Crippen LogP contribution in [0.15, 0.2) is 48.5 Å². The SMILES string of the molecule is CCCCOc1ccc(NC(=O)COc2cccc(Cl)c2)cc1. The van der Waals surface area contributed by atoms with Crippen LogP contribution in [-0.4, -0.2) is 19.1 Å². The van der Waals surface area contributed by atoms with Gasteiger partial charge in [-0.1, -0.05) is 31.0 Å². The van der Waals surface area contributed by atoms with E-state index in [1.165, 1.54) is 0 Å². The summed E-state index contributed by atoms with van der Waals surface area (Å²) in [4.78, 5) is 11.9. The number of carbonyl (C=O) groups excluding carboxylic acids is 1. The second-order valence-corrected chi connectivity index (χ2v) is 5.46. The Kier molecular flexibility index (Phi) is 6.76. The summed E-state index contributed by atoms with van der Waals surface area (Å²) in [5.74, 6) is 1.13. The van der Waals surface area contributed by atoms with E-state index in [4.69, 9.17) is 21.1 Å². The molecule has 0 aliphatic heterocycles. The summed E-state index contributed by atoms with van der Waals surface area (Å²) in [6.45, 7) is 2.75. The maximum Gasteiger partial charge on any atom is 0.262 e. The van der Waals surface area contributed by atoms with E-state index in [2.05, 4.69) is 12.2 Å². The van der Waals surface area contributed by atoms with E-state index in [0.717, 1.165) is 18.6 Å². The molecule has 0 unspecified atom stereocenters. The van der Waals surface area contributed by atoms with Gasteiger partial charge in [0, 0.05) is 10.7 Å². The molecular formula is C18H20ClNO3. The van der Waals surface area contributed by atoms with E-state index < -0.39 is 0 Å². The van der Waals surface area contributed by atoms with Gasteiger partial charge in [0.15, 0.2) is 6.61 Å². The summed E-state index contributed by atoms with van der Waals surface area (Å²) in [6, 6.07) is 14.2. The molecule has 5 heteroatoms. The lowest BCUT2D eigenvalue weighted by Gasteiger charge is -2.09. The van der Waals surface area contributed by atoms with Crippen molar-refractivity contribution >= 4 is 23.2 Å². The largest absolute Gasteiger partial charge is 0.494 e. The highest BCUT2D eigenvalue weighted by molar-refractivity contribution is 6.30. The van der Waals surface area contributed by atoms with Crippen LogP contribution in [0.5, 0.6) is 11.5 Å². The molecule has 122 valence electrons. The zero-order valence-electron chi connectivity index (χ0n) is 13.0. The summed E-state index contributed by atoms with van der Waals surface area (Å²) in [7, 11) is 0. The van der Waals surface area contributed by atoms with Gasteiger partial charge in [-0.25, -0.2) is 0 Å². The molecule has 0 saturated carbocycles. The number of ether oxygens (including phenoxy) is 2. The fraction of sp³-hybridized carbons (Fsp3) is 0.278. The minimum Gasteiger partial charge on any atom is -0.494 e. The van der Waals surface area contributed by atoms with Crippen LogP contribution < -0.4 is 14.8 Å². The topological polar surface area (TPSA) is 47.6 Å².